The molecule has 57 heavy (non-hydrogen) atoms. The van der Waals surface area contributed by atoms with E-state index < -0.39 is 12.3 Å². The Hall–Kier alpha value is -5.46. The number of aliphatic hydroxyl groups excluding tert-OH is 1. The molecule has 6 rings (SSSR count). The molecule has 1 saturated heterocycles. The Bertz CT molecular complexity index is 2130. The maximum Gasteiger partial charge on any atom is 0.336 e. The summed E-state index contributed by atoms with van der Waals surface area (Å²) < 4.78 is 13.1. The van der Waals surface area contributed by atoms with Gasteiger partial charge in [0.1, 0.15) is 0 Å². The zero-order chi connectivity index (χ0) is 40.0. The summed E-state index contributed by atoms with van der Waals surface area (Å²) in [7, 11) is 0. The number of hydrogen-bond donors (Lipinski definition) is 5. The van der Waals surface area contributed by atoms with E-state index in [1.807, 2.05) is 84.9 Å². The number of carbonyl (C=O) groups excluding carboxylic acids is 2. The molecule has 1 fully saturated rings. The number of nitrogens with one attached hydrogen (secondary N) is 2. The largest absolute Gasteiger partial charge is 0.478 e. The van der Waals surface area contributed by atoms with Gasteiger partial charge in [0.15, 0.2) is 6.29 Å². The van der Waals surface area contributed by atoms with Crippen LogP contribution >= 0.6 is 11.8 Å². The SMILES string of the molecule is Nc1ccccc1NC(=O)CCCCCCC(=O)NCc1cccc(-c2cccc(C3OC(CSc4ccccc4C(=O)O)CC(c4ccc(CO)cc4)O3)c2)c1. The lowest BCUT2D eigenvalue weighted by atomic mass is 9.99. The number of benzene rings is 5. The van der Waals surface area contributed by atoms with E-state index in [0.717, 1.165) is 59.1 Å². The minimum atomic E-state index is -0.966. The number of para-hydroxylation sites is 2. The molecule has 0 aliphatic carbocycles. The highest BCUT2D eigenvalue weighted by Gasteiger charge is 2.32. The third-order valence-electron chi connectivity index (χ3n) is 9.86. The molecule has 11 heteroatoms. The maximum atomic E-state index is 12.7. The molecule has 0 saturated carbocycles. The Balaban J connectivity index is 1.03. The van der Waals surface area contributed by atoms with Crippen LogP contribution in [0.5, 0.6) is 0 Å². The number of carbonyl (C=O) groups is 3. The molecule has 2 amide bonds. The van der Waals surface area contributed by atoms with E-state index in [2.05, 4.69) is 22.8 Å². The summed E-state index contributed by atoms with van der Waals surface area (Å²) in [6, 6.07) is 38.0. The molecule has 0 bridgehead atoms. The fourth-order valence-electron chi connectivity index (χ4n) is 6.74. The van der Waals surface area contributed by atoms with Crippen LogP contribution in [0.4, 0.5) is 11.4 Å². The molecular formula is C46H49N3O7S. The van der Waals surface area contributed by atoms with Crippen LogP contribution in [0, 0.1) is 0 Å². The van der Waals surface area contributed by atoms with Gasteiger partial charge in [-0.2, -0.15) is 0 Å². The molecule has 1 aliphatic heterocycles. The van der Waals surface area contributed by atoms with Crippen LogP contribution in [0.1, 0.15) is 90.0 Å². The summed E-state index contributed by atoms with van der Waals surface area (Å²) in [5.41, 5.74) is 12.9. The summed E-state index contributed by atoms with van der Waals surface area (Å²) in [5, 5.41) is 25.2. The first-order chi connectivity index (χ1) is 27.7. The number of amides is 2. The van der Waals surface area contributed by atoms with Crippen molar-refractivity contribution in [1.29, 1.82) is 0 Å². The molecule has 1 aliphatic rings. The van der Waals surface area contributed by atoms with Gasteiger partial charge in [-0.25, -0.2) is 4.79 Å². The van der Waals surface area contributed by atoms with E-state index in [4.69, 9.17) is 15.2 Å². The van der Waals surface area contributed by atoms with Crippen LogP contribution in [0.15, 0.2) is 126 Å². The highest BCUT2D eigenvalue weighted by atomic mass is 32.2. The van der Waals surface area contributed by atoms with Gasteiger partial charge in [0.2, 0.25) is 11.8 Å². The third-order valence-corrected chi connectivity index (χ3v) is 11.1. The van der Waals surface area contributed by atoms with E-state index >= 15 is 0 Å². The Morgan fingerprint density at radius 2 is 1.42 bits per heavy atom. The van der Waals surface area contributed by atoms with Crippen molar-refractivity contribution in [3.05, 3.63) is 149 Å². The smallest absolute Gasteiger partial charge is 0.336 e. The Morgan fingerprint density at radius 1 is 0.719 bits per heavy atom. The van der Waals surface area contributed by atoms with Crippen LogP contribution in [0.25, 0.3) is 11.1 Å². The van der Waals surface area contributed by atoms with Gasteiger partial charge in [0, 0.05) is 42.0 Å². The molecule has 296 valence electrons. The van der Waals surface area contributed by atoms with Crippen molar-refractivity contribution in [2.75, 3.05) is 16.8 Å². The number of aliphatic hydroxyl groups is 1. The number of anilines is 2. The zero-order valence-corrected chi connectivity index (χ0v) is 32.6. The summed E-state index contributed by atoms with van der Waals surface area (Å²) in [6.45, 7) is 0.363. The standard InChI is InChI=1S/C46H49N3O7S/c47-39-16-6-7-17-40(39)49-44(52)20-4-2-1-3-19-43(51)48-28-32-11-9-12-34(25-32)35-13-10-14-36(26-35)46-55-37(30-57-42-18-8-5-15-38(42)45(53)54)27-41(56-46)33-23-21-31(29-50)22-24-33/h5-18,21-26,37,41,46,50H,1-4,19-20,27-30,47H2,(H,48,51)(H,49,52)(H,53,54). The summed E-state index contributed by atoms with van der Waals surface area (Å²) >= 11 is 1.46. The van der Waals surface area contributed by atoms with Gasteiger partial charge < -0.3 is 36.1 Å². The summed E-state index contributed by atoms with van der Waals surface area (Å²) in [6.07, 6.45) is 3.45. The number of ether oxygens (including phenoxy) is 2. The predicted molar refractivity (Wildman–Crippen MR) is 223 cm³/mol. The first kappa shape index (κ1) is 41.2. The van der Waals surface area contributed by atoms with Gasteiger partial charge in [-0.3, -0.25) is 9.59 Å². The van der Waals surface area contributed by atoms with Gasteiger partial charge in [-0.1, -0.05) is 97.8 Å². The van der Waals surface area contributed by atoms with E-state index in [0.29, 0.717) is 47.8 Å². The van der Waals surface area contributed by atoms with Crippen LogP contribution in [0.3, 0.4) is 0 Å². The second-order valence-electron chi connectivity index (χ2n) is 14.1. The fourth-order valence-corrected chi connectivity index (χ4v) is 7.80. The molecule has 10 nitrogen and oxygen atoms in total. The number of nitrogens with two attached hydrogens (primary N) is 1. The van der Waals surface area contributed by atoms with Gasteiger partial charge >= 0.3 is 5.97 Å². The van der Waals surface area contributed by atoms with Crippen molar-refractivity contribution in [3.8, 4) is 11.1 Å². The lowest BCUT2D eigenvalue weighted by molar-refractivity contribution is -0.245. The first-order valence-electron chi connectivity index (χ1n) is 19.3. The first-order valence-corrected chi connectivity index (χ1v) is 20.3. The summed E-state index contributed by atoms with van der Waals surface area (Å²) in [5.74, 6) is -0.503. The molecular weight excluding hydrogens is 739 g/mol. The van der Waals surface area contributed by atoms with Gasteiger partial charge in [-0.05, 0) is 77.1 Å². The van der Waals surface area contributed by atoms with E-state index in [9.17, 15) is 24.6 Å². The van der Waals surface area contributed by atoms with Crippen LogP contribution < -0.4 is 16.4 Å². The van der Waals surface area contributed by atoms with Crippen molar-refractivity contribution in [2.45, 2.75) is 81.5 Å². The van der Waals surface area contributed by atoms with Crippen molar-refractivity contribution in [3.63, 3.8) is 0 Å². The number of hydrogen-bond acceptors (Lipinski definition) is 8. The lowest BCUT2D eigenvalue weighted by Gasteiger charge is -2.36. The van der Waals surface area contributed by atoms with Crippen molar-refractivity contribution >= 4 is 40.9 Å². The number of thioether (sulfide) groups is 1. The molecule has 5 aromatic rings. The number of unbranched alkanes of at least 4 members (excludes halogenated alkanes) is 3. The number of carboxylic acids is 1. The topological polar surface area (TPSA) is 160 Å². The van der Waals surface area contributed by atoms with Gasteiger partial charge in [-0.15, -0.1) is 11.8 Å². The van der Waals surface area contributed by atoms with Gasteiger partial charge in [0.05, 0.1) is 35.8 Å². The minimum Gasteiger partial charge on any atom is -0.478 e. The Labute approximate surface area is 337 Å². The molecule has 6 N–H and O–H groups in total. The zero-order valence-electron chi connectivity index (χ0n) is 31.8. The maximum absolute atomic E-state index is 12.7. The van der Waals surface area contributed by atoms with E-state index in [1.54, 1.807) is 24.3 Å². The van der Waals surface area contributed by atoms with E-state index in [1.165, 1.54) is 11.8 Å². The quantitative estimate of drug-likeness (QED) is 0.0332. The monoisotopic (exact) mass is 787 g/mol. The molecule has 0 aromatic heterocycles. The second-order valence-corrected chi connectivity index (χ2v) is 15.2. The van der Waals surface area contributed by atoms with Crippen molar-refractivity contribution in [1.82, 2.24) is 5.32 Å². The molecule has 3 atom stereocenters. The van der Waals surface area contributed by atoms with Gasteiger partial charge in [0.25, 0.3) is 0 Å². The highest BCUT2D eigenvalue weighted by Crippen LogP contribution is 2.40. The molecule has 1 heterocycles. The van der Waals surface area contributed by atoms with E-state index in [-0.39, 0.29) is 36.2 Å². The minimum absolute atomic E-state index is 0.00832. The predicted octanol–water partition coefficient (Wildman–Crippen LogP) is 9.06. The van der Waals surface area contributed by atoms with Crippen LogP contribution in [-0.4, -0.2) is 39.9 Å². The van der Waals surface area contributed by atoms with Crippen LogP contribution in [-0.2, 0) is 32.2 Å². The second kappa shape index (κ2) is 20.6. The number of nitrogen functional groups attached to an aromatic ring is 1. The molecule has 0 radical (unpaired) electrons. The normalized spacial score (nSPS) is 16.5. The average Bonchev–Trinajstić information content (AvgIpc) is 3.24. The number of carboxylic acid groups (broad SMARTS) is 1. The average molecular weight is 788 g/mol. The Kier molecular flexibility index (Phi) is 14.9. The fraction of sp³-hybridized carbons (Fsp3) is 0.283. The number of rotatable bonds is 18. The van der Waals surface area contributed by atoms with Crippen molar-refractivity contribution < 1.29 is 34.1 Å². The number of aromatic carboxylic acids is 1. The molecule has 3 unspecified atom stereocenters. The molecule has 0 spiro atoms. The highest BCUT2D eigenvalue weighted by molar-refractivity contribution is 7.99. The Morgan fingerprint density at radius 3 is 2.18 bits per heavy atom. The summed E-state index contributed by atoms with van der Waals surface area (Å²) in [4.78, 5) is 37.5. The van der Waals surface area contributed by atoms with Crippen molar-refractivity contribution in [2.24, 2.45) is 0 Å². The third kappa shape index (κ3) is 12.0. The molecule has 5 aromatic carbocycles. The lowest BCUT2D eigenvalue weighted by Crippen LogP contribution is -2.31. The van der Waals surface area contributed by atoms with Crippen LogP contribution in [0.2, 0.25) is 0 Å².